The van der Waals surface area contributed by atoms with E-state index in [1.165, 1.54) is 287 Å². The van der Waals surface area contributed by atoms with Crippen molar-refractivity contribution in [1.82, 2.24) is 19.5 Å². The summed E-state index contributed by atoms with van der Waals surface area (Å²) in [5.41, 5.74) is 1.65. The third kappa shape index (κ3) is 35.8. The van der Waals surface area contributed by atoms with E-state index >= 15 is 0 Å². The molecule has 16 nitrogen and oxygen atoms in total. The van der Waals surface area contributed by atoms with Crippen molar-refractivity contribution in [2.24, 2.45) is 0 Å². The third-order valence-electron chi connectivity index (χ3n) is 19.5. The minimum Gasteiger partial charge on any atom is -0.490 e. The van der Waals surface area contributed by atoms with Crippen molar-refractivity contribution in [2.75, 3.05) is 31.7 Å². The van der Waals surface area contributed by atoms with Crippen LogP contribution >= 0.6 is 0 Å². The first-order valence-electron chi connectivity index (χ1n) is 40.1. The molecule has 0 aliphatic carbocycles. The fourth-order valence-electron chi connectivity index (χ4n) is 13.4. The Balaban J connectivity index is 1.15. The number of anilines is 1. The smallest absolute Gasteiger partial charge is 0.308 e. The number of ether oxygens (including phenoxy) is 6. The molecule has 1 aliphatic rings. The molecule has 0 bridgehead atoms. The number of fused-ring (bicyclic) bond motifs is 1. The molecule has 1 amide bonds. The maximum absolute atomic E-state index is 13.5. The quantitative estimate of drug-likeness (QED) is 0.0214. The average molecular weight is 1370 g/mol. The van der Waals surface area contributed by atoms with Gasteiger partial charge in [-0.1, -0.05) is 328 Å². The van der Waals surface area contributed by atoms with E-state index in [2.05, 4.69) is 41.0 Å². The molecule has 0 saturated carbocycles. The number of aliphatic hydroxyl groups is 2. The average Bonchev–Trinajstić information content (AvgIpc) is 1.61. The van der Waals surface area contributed by atoms with E-state index < -0.39 is 43.1 Å². The molecular formula is C82H135N5O11. The summed E-state index contributed by atoms with van der Waals surface area (Å²) in [6.07, 6.45) is 61.6. The molecule has 554 valence electrons. The fraction of sp³-hybridized carbons (Fsp3) is 0.756. The summed E-state index contributed by atoms with van der Waals surface area (Å²) < 4.78 is 38.9. The molecule has 3 atom stereocenters. The highest BCUT2D eigenvalue weighted by Gasteiger charge is 2.51. The van der Waals surface area contributed by atoms with Crippen LogP contribution in [0.4, 0.5) is 5.82 Å². The molecule has 2 aromatic carbocycles. The van der Waals surface area contributed by atoms with Crippen molar-refractivity contribution in [3.63, 3.8) is 0 Å². The van der Waals surface area contributed by atoms with Gasteiger partial charge in [-0.15, -0.1) is 0 Å². The lowest BCUT2D eigenvalue weighted by Gasteiger charge is -2.26. The molecule has 1 saturated heterocycles. The Bertz CT molecular complexity index is 2600. The highest BCUT2D eigenvalue weighted by Crippen LogP contribution is 2.41. The van der Waals surface area contributed by atoms with E-state index in [-0.39, 0.29) is 42.3 Å². The molecule has 2 aromatic heterocycles. The van der Waals surface area contributed by atoms with Crippen LogP contribution in [0, 0.1) is 0 Å². The van der Waals surface area contributed by atoms with Gasteiger partial charge in [-0.3, -0.25) is 19.0 Å². The van der Waals surface area contributed by atoms with Crippen molar-refractivity contribution >= 4 is 34.8 Å². The van der Waals surface area contributed by atoms with Gasteiger partial charge in [0, 0.05) is 5.56 Å². The summed E-state index contributed by atoms with van der Waals surface area (Å²) in [5, 5.41) is 24.8. The van der Waals surface area contributed by atoms with E-state index in [4.69, 9.17) is 28.4 Å². The number of hydrogen-bond acceptors (Lipinski definition) is 14. The van der Waals surface area contributed by atoms with Gasteiger partial charge in [0.25, 0.3) is 5.91 Å². The molecule has 16 heteroatoms. The lowest BCUT2D eigenvalue weighted by Crippen LogP contribution is -2.44. The van der Waals surface area contributed by atoms with Crippen LogP contribution in [0.5, 0.6) is 17.2 Å². The zero-order valence-electron chi connectivity index (χ0n) is 61.8. The molecule has 0 radical (unpaired) electrons. The maximum atomic E-state index is 13.5. The molecule has 0 spiro atoms. The first kappa shape index (κ1) is 83.3. The minimum absolute atomic E-state index is 0.0930. The van der Waals surface area contributed by atoms with Gasteiger partial charge in [0.2, 0.25) is 11.5 Å². The van der Waals surface area contributed by atoms with Crippen molar-refractivity contribution in [3.8, 4) is 17.2 Å². The van der Waals surface area contributed by atoms with Gasteiger partial charge < -0.3 is 44.0 Å². The summed E-state index contributed by atoms with van der Waals surface area (Å²) in [6, 6.07) is 12.5. The molecular weight excluding hydrogens is 1230 g/mol. The second-order valence-electron chi connectivity index (χ2n) is 28.2. The van der Waals surface area contributed by atoms with Crippen molar-refractivity contribution < 1.29 is 53.0 Å². The monoisotopic (exact) mass is 1370 g/mol. The Morgan fingerprint density at radius 3 is 1.31 bits per heavy atom. The van der Waals surface area contributed by atoms with Gasteiger partial charge in [-0.2, -0.15) is 0 Å². The first-order chi connectivity index (χ1) is 48.2. The number of nitrogens with zero attached hydrogens (tertiary/aromatic N) is 4. The zero-order valence-corrected chi connectivity index (χ0v) is 61.8. The lowest BCUT2D eigenvalue weighted by molar-refractivity contribution is -0.231. The fourth-order valence-corrected chi connectivity index (χ4v) is 13.4. The number of benzene rings is 2. The van der Waals surface area contributed by atoms with Gasteiger partial charge in [0.05, 0.1) is 52.0 Å². The van der Waals surface area contributed by atoms with Crippen molar-refractivity contribution in [1.29, 1.82) is 0 Å². The Morgan fingerprint density at radius 1 is 0.510 bits per heavy atom. The largest absolute Gasteiger partial charge is 0.490 e. The number of nitrogens with one attached hydrogen (secondary N) is 1. The standard InChI is InChI=1S/C82H135N5O11/c1-4-7-10-13-16-19-22-25-28-31-34-37-40-43-46-52-59-93-71-62-69(66-96-75(89)57-58-76(90)98-82(92)64-74(97-73(82)65-88)87-68-85-77-79(83-67-84-80(77)87)86-81(91)70-55-50-49-51-56-70)63-72(94-60-53-47-44-41-38-35-32-29-26-23-20-17-14-11-8-5-2)78(71)95-61-54-48-45-42-39-36-33-30-27-24-21-18-15-12-9-6-3/h49-51,55-56,62-63,67-68,73-74,88,92H,4-48,52-54,57-61,64-66H2,1-3H3,(H,83,84,86,91)/t73-,74-,82-/m1/s1. The number of carbonyl (C=O) groups is 3. The number of aliphatic hydroxyl groups excluding tert-OH is 1. The molecule has 3 N–H and O–H groups in total. The number of esters is 2. The number of rotatable bonds is 64. The van der Waals surface area contributed by atoms with Gasteiger partial charge in [-0.05, 0) is 49.1 Å². The lowest BCUT2D eigenvalue weighted by atomic mass is 10.0. The highest BCUT2D eigenvalue weighted by atomic mass is 16.7. The summed E-state index contributed by atoms with van der Waals surface area (Å²) in [6.45, 7) is 7.67. The van der Waals surface area contributed by atoms with Crippen molar-refractivity contribution in [3.05, 3.63) is 66.2 Å². The van der Waals surface area contributed by atoms with E-state index in [1.54, 1.807) is 24.3 Å². The summed E-state index contributed by atoms with van der Waals surface area (Å²) >= 11 is 0. The Morgan fingerprint density at radius 2 is 0.898 bits per heavy atom. The summed E-state index contributed by atoms with van der Waals surface area (Å²) in [4.78, 5) is 52.9. The number of aromatic nitrogens is 4. The Hall–Kier alpha value is -5.32. The van der Waals surface area contributed by atoms with Crippen LogP contribution in [-0.4, -0.2) is 85.9 Å². The van der Waals surface area contributed by atoms with Gasteiger partial charge in [0.1, 0.15) is 25.3 Å². The SMILES string of the molecule is CCCCCCCCCCCCCCCCCCOc1cc(COC(=O)CCC(=O)O[C@]2(O)C[C@H](n3cnc4c(NC(=O)c5ccccc5)ncnc43)O[C@@H]2CO)cc(OCCCCCCCCCCCCCCCCCC)c1OCCCCCCCCCCCCCCCCCC. The van der Waals surface area contributed by atoms with Gasteiger partial charge in [0.15, 0.2) is 28.5 Å². The summed E-state index contributed by atoms with van der Waals surface area (Å²) in [5.74, 6) is -2.23. The number of hydrogen-bond donors (Lipinski definition) is 3. The molecule has 1 fully saturated rings. The van der Waals surface area contributed by atoms with Crippen LogP contribution in [0.1, 0.15) is 370 Å². The Kier molecular flexibility index (Phi) is 46.3. The molecule has 1 aliphatic heterocycles. The van der Waals surface area contributed by atoms with Crippen LogP contribution in [0.25, 0.3) is 11.2 Å². The van der Waals surface area contributed by atoms with Crippen molar-refractivity contribution in [2.45, 2.75) is 373 Å². The van der Waals surface area contributed by atoms with E-state index in [0.717, 1.165) is 38.5 Å². The second kappa shape index (κ2) is 54.4. The molecule has 98 heavy (non-hydrogen) atoms. The molecule has 5 rings (SSSR count). The normalized spacial score (nSPS) is 15.3. The van der Waals surface area contributed by atoms with Crippen LogP contribution in [0.15, 0.2) is 55.1 Å². The number of amides is 1. The first-order valence-corrected chi connectivity index (χ1v) is 40.1. The molecule has 3 heterocycles. The number of carbonyl (C=O) groups excluding carboxylic acids is 3. The number of imidazole rings is 1. The van der Waals surface area contributed by atoms with Crippen LogP contribution < -0.4 is 19.5 Å². The predicted molar refractivity (Wildman–Crippen MR) is 397 cm³/mol. The number of unbranched alkanes of at least 4 members (excludes halogenated alkanes) is 45. The predicted octanol–water partition coefficient (Wildman–Crippen LogP) is 22.0. The van der Waals surface area contributed by atoms with E-state index in [9.17, 15) is 24.6 Å². The zero-order chi connectivity index (χ0) is 69.6. The highest BCUT2D eigenvalue weighted by molar-refractivity contribution is 6.06. The molecule has 4 aromatic rings. The summed E-state index contributed by atoms with van der Waals surface area (Å²) in [7, 11) is 0. The van der Waals surface area contributed by atoms with E-state index in [0.29, 0.717) is 48.2 Å². The Labute approximate surface area is 592 Å². The van der Waals surface area contributed by atoms with Crippen LogP contribution in [0.3, 0.4) is 0 Å². The van der Waals surface area contributed by atoms with Crippen LogP contribution in [-0.2, 0) is 30.4 Å². The minimum atomic E-state index is -2.25. The molecule has 0 unspecified atom stereocenters. The van der Waals surface area contributed by atoms with Gasteiger partial charge >= 0.3 is 11.9 Å². The van der Waals surface area contributed by atoms with Gasteiger partial charge in [-0.25, -0.2) is 15.0 Å². The van der Waals surface area contributed by atoms with E-state index in [1.807, 2.05) is 18.2 Å². The third-order valence-corrected chi connectivity index (χ3v) is 19.5. The van der Waals surface area contributed by atoms with Crippen LogP contribution in [0.2, 0.25) is 0 Å². The maximum Gasteiger partial charge on any atom is 0.308 e. The second-order valence-corrected chi connectivity index (χ2v) is 28.2. The topological polar surface area (TPSA) is 203 Å².